The maximum Gasteiger partial charge on any atom is 0.249 e. The number of hydrogen-bond donors (Lipinski definition) is 1. The molecule has 2 aromatic heterocycles. The third-order valence-electron chi connectivity index (χ3n) is 3.62. The summed E-state index contributed by atoms with van der Waals surface area (Å²) in [6, 6.07) is 7.90. The van der Waals surface area contributed by atoms with E-state index >= 15 is 0 Å². The highest BCUT2D eigenvalue weighted by atomic mass is 16.4. The maximum atomic E-state index is 12.3. The number of carbonyl (C=O) groups excluding carboxylic acids is 1. The molecule has 0 atom stereocenters. The molecule has 0 aliphatic carbocycles. The molecule has 0 saturated heterocycles. The van der Waals surface area contributed by atoms with Gasteiger partial charge >= 0.3 is 0 Å². The molecule has 3 aromatic rings. The van der Waals surface area contributed by atoms with Gasteiger partial charge in [0.25, 0.3) is 0 Å². The summed E-state index contributed by atoms with van der Waals surface area (Å²) >= 11 is 0. The van der Waals surface area contributed by atoms with Crippen LogP contribution in [-0.4, -0.2) is 26.2 Å². The van der Waals surface area contributed by atoms with Gasteiger partial charge in [-0.1, -0.05) is 25.1 Å². The standard InChI is InChI=1S/C18H22N4O2/c1-5-16-20-21-17(24-16)13-10-22(11-15(23)19-18(2,3)4)14-9-7-6-8-12(13)14/h6-10H,5,11H2,1-4H3,(H,19,23). The summed E-state index contributed by atoms with van der Waals surface area (Å²) in [5.41, 5.74) is 1.56. The Bertz CT molecular complexity index is 871. The van der Waals surface area contributed by atoms with E-state index in [0.717, 1.165) is 16.5 Å². The van der Waals surface area contributed by atoms with Gasteiger partial charge in [-0.3, -0.25) is 4.79 Å². The number of nitrogens with zero attached hydrogens (tertiary/aromatic N) is 3. The molecular weight excluding hydrogens is 304 g/mol. The van der Waals surface area contributed by atoms with Crippen LogP contribution in [0.2, 0.25) is 0 Å². The Kier molecular flexibility index (Phi) is 4.13. The lowest BCUT2D eigenvalue weighted by atomic mass is 10.1. The van der Waals surface area contributed by atoms with Crippen LogP contribution in [0.5, 0.6) is 0 Å². The van der Waals surface area contributed by atoms with Gasteiger partial charge in [0.2, 0.25) is 17.7 Å². The van der Waals surface area contributed by atoms with Gasteiger partial charge in [0, 0.05) is 29.1 Å². The Morgan fingerprint density at radius 3 is 2.67 bits per heavy atom. The van der Waals surface area contributed by atoms with Crippen molar-refractivity contribution in [2.45, 2.75) is 46.2 Å². The van der Waals surface area contributed by atoms with Crippen LogP contribution >= 0.6 is 0 Å². The van der Waals surface area contributed by atoms with Crippen molar-refractivity contribution in [1.29, 1.82) is 0 Å². The number of fused-ring (bicyclic) bond motifs is 1. The molecule has 1 N–H and O–H groups in total. The number of aryl methyl sites for hydroxylation is 1. The predicted molar refractivity (Wildman–Crippen MR) is 92.5 cm³/mol. The molecule has 0 bridgehead atoms. The lowest BCUT2D eigenvalue weighted by Gasteiger charge is -2.20. The first-order valence-electron chi connectivity index (χ1n) is 8.09. The van der Waals surface area contributed by atoms with Crippen LogP contribution < -0.4 is 5.32 Å². The molecule has 6 heteroatoms. The van der Waals surface area contributed by atoms with E-state index in [4.69, 9.17) is 4.42 Å². The number of benzene rings is 1. The van der Waals surface area contributed by atoms with Gasteiger partial charge in [0.1, 0.15) is 6.54 Å². The molecule has 3 rings (SSSR count). The highest BCUT2D eigenvalue weighted by Gasteiger charge is 2.18. The molecule has 0 aliphatic heterocycles. The fraction of sp³-hybridized carbons (Fsp3) is 0.389. The summed E-state index contributed by atoms with van der Waals surface area (Å²) in [5, 5.41) is 12.1. The number of nitrogens with one attached hydrogen (secondary N) is 1. The topological polar surface area (TPSA) is 73.0 Å². The summed E-state index contributed by atoms with van der Waals surface area (Å²) in [7, 11) is 0. The highest BCUT2D eigenvalue weighted by molar-refractivity contribution is 5.94. The Morgan fingerprint density at radius 1 is 1.25 bits per heavy atom. The van der Waals surface area contributed by atoms with Crippen molar-refractivity contribution in [1.82, 2.24) is 20.1 Å². The average Bonchev–Trinajstić information content (AvgIpc) is 3.10. The van der Waals surface area contributed by atoms with E-state index in [9.17, 15) is 4.79 Å². The lowest BCUT2D eigenvalue weighted by Crippen LogP contribution is -2.42. The van der Waals surface area contributed by atoms with E-state index in [1.54, 1.807) is 0 Å². The molecule has 0 unspecified atom stereocenters. The first kappa shape index (κ1) is 16.2. The molecule has 24 heavy (non-hydrogen) atoms. The fourth-order valence-electron chi connectivity index (χ4n) is 2.67. The Morgan fingerprint density at radius 2 is 2.00 bits per heavy atom. The molecular formula is C18H22N4O2. The van der Waals surface area contributed by atoms with Crippen molar-refractivity contribution in [3.05, 3.63) is 36.4 Å². The maximum absolute atomic E-state index is 12.3. The van der Waals surface area contributed by atoms with Gasteiger partial charge in [-0.2, -0.15) is 0 Å². The second-order valence-electron chi connectivity index (χ2n) is 6.84. The van der Waals surface area contributed by atoms with Gasteiger partial charge in [0.15, 0.2) is 0 Å². The summed E-state index contributed by atoms with van der Waals surface area (Å²) in [5.74, 6) is 1.06. The lowest BCUT2D eigenvalue weighted by molar-refractivity contribution is -0.123. The zero-order valence-electron chi connectivity index (χ0n) is 14.5. The molecule has 0 radical (unpaired) electrons. The zero-order chi connectivity index (χ0) is 17.3. The number of aromatic nitrogens is 3. The Labute approximate surface area is 140 Å². The molecule has 1 amide bonds. The van der Waals surface area contributed by atoms with E-state index in [1.165, 1.54) is 0 Å². The second-order valence-corrected chi connectivity index (χ2v) is 6.84. The van der Waals surface area contributed by atoms with Crippen molar-refractivity contribution >= 4 is 16.8 Å². The summed E-state index contributed by atoms with van der Waals surface area (Å²) < 4.78 is 7.61. The molecule has 0 fully saturated rings. The second kappa shape index (κ2) is 6.11. The van der Waals surface area contributed by atoms with Crippen molar-refractivity contribution in [3.63, 3.8) is 0 Å². The number of carbonyl (C=O) groups is 1. The molecule has 0 saturated carbocycles. The van der Waals surface area contributed by atoms with Crippen LogP contribution in [-0.2, 0) is 17.8 Å². The quantitative estimate of drug-likeness (QED) is 0.799. The number of rotatable bonds is 4. The van der Waals surface area contributed by atoms with E-state index in [-0.39, 0.29) is 18.0 Å². The van der Waals surface area contributed by atoms with Crippen molar-refractivity contribution in [2.24, 2.45) is 0 Å². The molecule has 0 aliphatic rings. The smallest absolute Gasteiger partial charge is 0.249 e. The minimum absolute atomic E-state index is 0.0328. The fourth-order valence-corrected chi connectivity index (χ4v) is 2.67. The molecule has 2 heterocycles. The monoisotopic (exact) mass is 326 g/mol. The first-order chi connectivity index (χ1) is 11.4. The van der Waals surface area contributed by atoms with Crippen molar-refractivity contribution < 1.29 is 9.21 Å². The summed E-state index contributed by atoms with van der Waals surface area (Å²) in [6.07, 6.45) is 2.60. The van der Waals surface area contributed by atoms with Crippen LogP contribution in [0.15, 0.2) is 34.9 Å². The van der Waals surface area contributed by atoms with Gasteiger partial charge < -0.3 is 14.3 Å². The predicted octanol–water partition coefficient (Wildman–Crippen LogP) is 3.17. The third-order valence-corrected chi connectivity index (χ3v) is 3.62. The van der Waals surface area contributed by atoms with E-state index in [1.807, 2.05) is 62.7 Å². The summed E-state index contributed by atoms with van der Waals surface area (Å²) in [4.78, 5) is 12.3. The Hall–Kier alpha value is -2.63. The van der Waals surface area contributed by atoms with Crippen LogP contribution in [0, 0.1) is 0 Å². The van der Waals surface area contributed by atoms with Crippen LogP contribution in [0.4, 0.5) is 0 Å². The Balaban J connectivity index is 1.99. The van der Waals surface area contributed by atoms with E-state index in [2.05, 4.69) is 15.5 Å². The van der Waals surface area contributed by atoms with Crippen LogP contribution in [0.3, 0.4) is 0 Å². The van der Waals surface area contributed by atoms with Gasteiger partial charge in [-0.05, 0) is 26.8 Å². The number of para-hydroxylation sites is 1. The summed E-state index contributed by atoms with van der Waals surface area (Å²) in [6.45, 7) is 8.11. The van der Waals surface area contributed by atoms with Gasteiger partial charge in [-0.25, -0.2) is 0 Å². The minimum Gasteiger partial charge on any atom is -0.421 e. The first-order valence-corrected chi connectivity index (χ1v) is 8.09. The minimum atomic E-state index is -0.259. The normalized spacial score (nSPS) is 11.8. The number of hydrogen-bond acceptors (Lipinski definition) is 4. The highest BCUT2D eigenvalue weighted by Crippen LogP contribution is 2.29. The van der Waals surface area contributed by atoms with Crippen LogP contribution in [0.1, 0.15) is 33.6 Å². The third kappa shape index (κ3) is 3.32. The SMILES string of the molecule is CCc1nnc(-c2cn(CC(=O)NC(C)(C)C)c3ccccc23)o1. The largest absolute Gasteiger partial charge is 0.421 e. The molecule has 1 aromatic carbocycles. The van der Waals surface area contributed by atoms with Crippen LogP contribution in [0.25, 0.3) is 22.4 Å². The van der Waals surface area contributed by atoms with E-state index < -0.39 is 0 Å². The number of amides is 1. The molecule has 6 nitrogen and oxygen atoms in total. The zero-order valence-corrected chi connectivity index (χ0v) is 14.5. The van der Waals surface area contributed by atoms with Gasteiger partial charge in [0.05, 0.1) is 5.56 Å². The average molecular weight is 326 g/mol. The van der Waals surface area contributed by atoms with Crippen molar-refractivity contribution in [3.8, 4) is 11.5 Å². The van der Waals surface area contributed by atoms with E-state index in [0.29, 0.717) is 18.2 Å². The van der Waals surface area contributed by atoms with Gasteiger partial charge in [-0.15, -0.1) is 10.2 Å². The molecule has 0 spiro atoms. The van der Waals surface area contributed by atoms with Crippen molar-refractivity contribution in [2.75, 3.05) is 0 Å². The molecule has 126 valence electrons.